The Bertz CT molecular complexity index is 1080. The molecule has 3 heterocycles. The van der Waals surface area contributed by atoms with Crippen LogP contribution in [0.2, 0.25) is 5.02 Å². The number of amides is 1. The van der Waals surface area contributed by atoms with Crippen molar-refractivity contribution in [3.63, 3.8) is 0 Å². The first-order valence-electron chi connectivity index (χ1n) is 10.6. The van der Waals surface area contributed by atoms with Gasteiger partial charge in [-0.05, 0) is 55.0 Å². The maximum Gasteiger partial charge on any atom is 0.244 e. The van der Waals surface area contributed by atoms with Gasteiger partial charge in [0.05, 0.1) is 5.69 Å². The van der Waals surface area contributed by atoms with Crippen LogP contribution in [0.3, 0.4) is 0 Å². The summed E-state index contributed by atoms with van der Waals surface area (Å²) in [6, 6.07) is 10.1. The molecule has 6 nitrogen and oxygen atoms in total. The van der Waals surface area contributed by atoms with Gasteiger partial charge in [-0.1, -0.05) is 23.7 Å². The van der Waals surface area contributed by atoms with Crippen molar-refractivity contribution in [3.05, 3.63) is 58.4 Å². The van der Waals surface area contributed by atoms with Crippen LogP contribution in [0.4, 0.5) is 0 Å². The second-order valence-corrected chi connectivity index (χ2v) is 8.84. The van der Waals surface area contributed by atoms with Gasteiger partial charge in [0.15, 0.2) is 5.65 Å². The van der Waals surface area contributed by atoms with Gasteiger partial charge in [0.2, 0.25) is 5.91 Å². The van der Waals surface area contributed by atoms with Gasteiger partial charge in [-0.25, -0.2) is 9.67 Å². The summed E-state index contributed by atoms with van der Waals surface area (Å²) >= 11 is 6.09. The third-order valence-electron chi connectivity index (χ3n) is 6.16. The average molecular weight is 424 g/mol. The van der Waals surface area contributed by atoms with Gasteiger partial charge in [-0.3, -0.25) is 9.69 Å². The quantitative estimate of drug-likeness (QED) is 0.629. The second kappa shape index (κ2) is 8.00. The van der Waals surface area contributed by atoms with Gasteiger partial charge < -0.3 is 4.90 Å². The normalized spacial score (nSPS) is 17.6. The smallest absolute Gasteiger partial charge is 0.244 e. The summed E-state index contributed by atoms with van der Waals surface area (Å²) in [5.74, 6) is 0.746. The van der Waals surface area contributed by atoms with E-state index in [0.717, 1.165) is 54.5 Å². The van der Waals surface area contributed by atoms with Gasteiger partial charge in [0.1, 0.15) is 6.54 Å². The number of hydrogen-bond acceptors (Lipinski definition) is 4. The van der Waals surface area contributed by atoms with E-state index < -0.39 is 0 Å². The van der Waals surface area contributed by atoms with Crippen LogP contribution < -0.4 is 0 Å². The zero-order valence-corrected chi connectivity index (χ0v) is 18.0. The fourth-order valence-corrected chi connectivity index (χ4v) is 4.64. The number of piperazine rings is 1. The molecular formula is C23H26ClN5O. The summed E-state index contributed by atoms with van der Waals surface area (Å²) in [5, 5.41) is 6.56. The fourth-order valence-electron chi connectivity index (χ4n) is 4.43. The third kappa shape index (κ3) is 3.94. The maximum absolute atomic E-state index is 13.0. The minimum atomic E-state index is 0.112. The predicted octanol–water partition coefficient (Wildman–Crippen LogP) is 3.61. The van der Waals surface area contributed by atoms with Crippen LogP contribution in [0.25, 0.3) is 11.0 Å². The zero-order valence-electron chi connectivity index (χ0n) is 17.2. The number of nitrogens with zero attached hydrogens (tertiary/aromatic N) is 5. The second-order valence-electron chi connectivity index (χ2n) is 8.40. The molecular weight excluding hydrogens is 398 g/mol. The molecule has 2 aromatic heterocycles. The highest BCUT2D eigenvalue weighted by molar-refractivity contribution is 6.30. The zero-order chi connectivity index (χ0) is 20.7. The van der Waals surface area contributed by atoms with Crippen molar-refractivity contribution in [2.45, 2.75) is 38.8 Å². The van der Waals surface area contributed by atoms with Crippen LogP contribution in [0.5, 0.6) is 0 Å². The minimum absolute atomic E-state index is 0.112. The summed E-state index contributed by atoms with van der Waals surface area (Å²) in [6.07, 6.45) is 4.33. The SMILES string of the molecule is Cc1nn(CC(=O)N2CCN(Cc3cccc(Cl)c3)CC2)c2nccc(C3CC3)c12. The maximum atomic E-state index is 13.0. The Hall–Kier alpha value is -2.44. The van der Waals surface area contributed by atoms with E-state index in [1.54, 1.807) is 4.68 Å². The van der Waals surface area contributed by atoms with Crippen LogP contribution in [-0.4, -0.2) is 56.7 Å². The van der Waals surface area contributed by atoms with Crippen molar-refractivity contribution in [2.75, 3.05) is 26.2 Å². The van der Waals surface area contributed by atoms with Gasteiger partial charge in [-0.15, -0.1) is 0 Å². The predicted molar refractivity (Wildman–Crippen MR) is 118 cm³/mol. The lowest BCUT2D eigenvalue weighted by molar-refractivity contribution is -0.133. The molecule has 5 rings (SSSR count). The van der Waals surface area contributed by atoms with Gasteiger partial charge in [-0.2, -0.15) is 5.10 Å². The summed E-state index contributed by atoms with van der Waals surface area (Å²) in [4.78, 5) is 21.8. The van der Waals surface area contributed by atoms with E-state index in [0.29, 0.717) is 5.92 Å². The number of fused-ring (bicyclic) bond motifs is 1. The molecule has 2 fully saturated rings. The highest BCUT2D eigenvalue weighted by Gasteiger charge is 2.28. The number of benzene rings is 1. The average Bonchev–Trinajstić information content (AvgIpc) is 3.54. The number of aromatic nitrogens is 3. The summed E-state index contributed by atoms with van der Waals surface area (Å²) in [7, 11) is 0. The van der Waals surface area contributed by atoms with Gasteiger partial charge in [0, 0.05) is 49.3 Å². The highest BCUT2D eigenvalue weighted by Crippen LogP contribution is 2.43. The number of rotatable bonds is 5. The Balaban J connectivity index is 1.23. The molecule has 0 radical (unpaired) electrons. The van der Waals surface area contributed by atoms with Crippen LogP contribution >= 0.6 is 11.6 Å². The van der Waals surface area contributed by atoms with E-state index in [2.05, 4.69) is 27.1 Å². The molecule has 1 saturated carbocycles. The first kappa shape index (κ1) is 19.5. The lowest BCUT2D eigenvalue weighted by Crippen LogP contribution is -2.49. The molecule has 7 heteroatoms. The Morgan fingerprint density at radius 2 is 1.97 bits per heavy atom. The number of carbonyl (C=O) groups is 1. The van der Waals surface area contributed by atoms with Gasteiger partial charge in [0.25, 0.3) is 0 Å². The third-order valence-corrected chi connectivity index (χ3v) is 6.40. The molecule has 0 N–H and O–H groups in total. The van der Waals surface area contributed by atoms with Crippen LogP contribution in [0, 0.1) is 6.92 Å². The molecule has 1 aliphatic carbocycles. The molecule has 1 aliphatic heterocycles. The number of halogens is 1. The van der Waals surface area contributed by atoms with E-state index in [1.807, 2.05) is 36.2 Å². The monoisotopic (exact) mass is 423 g/mol. The summed E-state index contributed by atoms with van der Waals surface area (Å²) in [5.41, 5.74) is 4.35. The molecule has 0 unspecified atom stereocenters. The number of carbonyl (C=O) groups excluding carboxylic acids is 1. The first-order valence-corrected chi connectivity index (χ1v) is 11.0. The van der Waals surface area contributed by atoms with E-state index in [9.17, 15) is 4.79 Å². The number of hydrogen-bond donors (Lipinski definition) is 0. The van der Waals surface area contributed by atoms with E-state index in [4.69, 9.17) is 11.6 Å². The number of aryl methyl sites for hydroxylation is 1. The Kier molecular flexibility index (Phi) is 5.21. The largest absolute Gasteiger partial charge is 0.339 e. The Labute approximate surface area is 181 Å². The summed E-state index contributed by atoms with van der Waals surface area (Å²) < 4.78 is 1.79. The molecule has 1 saturated heterocycles. The van der Waals surface area contributed by atoms with Crippen molar-refractivity contribution in [2.24, 2.45) is 0 Å². The van der Waals surface area contributed by atoms with E-state index in [1.165, 1.54) is 24.0 Å². The van der Waals surface area contributed by atoms with Crippen molar-refractivity contribution in [3.8, 4) is 0 Å². The lowest BCUT2D eigenvalue weighted by Gasteiger charge is -2.34. The van der Waals surface area contributed by atoms with Crippen LogP contribution in [0.15, 0.2) is 36.5 Å². The molecule has 0 spiro atoms. The summed E-state index contributed by atoms with van der Waals surface area (Å²) in [6.45, 7) is 6.32. The highest BCUT2D eigenvalue weighted by atomic mass is 35.5. The lowest BCUT2D eigenvalue weighted by atomic mass is 10.1. The van der Waals surface area contributed by atoms with Crippen molar-refractivity contribution in [1.29, 1.82) is 0 Å². The molecule has 30 heavy (non-hydrogen) atoms. The first-order chi connectivity index (χ1) is 14.6. The van der Waals surface area contributed by atoms with E-state index >= 15 is 0 Å². The standard InChI is InChI=1S/C23H26ClN5O/c1-16-22-20(18-5-6-18)7-8-25-23(22)29(26-16)15-21(30)28-11-9-27(10-12-28)14-17-3-2-4-19(24)13-17/h2-4,7-8,13,18H,5-6,9-12,14-15H2,1H3. The molecule has 1 aromatic carbocycles. The topological polar surface area (TPSA) is 54.3 Å². The van der Waals surface area contributed by atoms with Crippen molar-refractivity contribution in [1.82, 2.24) is 24.6 Å². The molecule has 1 amide bonds. The molecule has 0 atom stereocenters. The Morgan fingerprint density at radius 1 is 1.17 bits per heavy atom. The van der Waals surface area contributed by atoms with E-state index in [-0.39, 0.29) is 12.5 Å². The van der Waals surface area contributed by atoms with Crippen LogP contribution in [-0.2, 0) is 17.9 Å². The number of pyridine rings is 1. The van der Waals surface area contributed by atoms with Crippen molar-refractivity contribution >= 4 is 28.5 Å². The minimum Gasteiger partial charge on any atom is -0.339 e. The van der Waals surface area contributed by atoms with Gasteiger partial charge >= 0.3 is 0 Å². The molecule has 0 bridgehead atoms. The molecule has 2 aliphatic rings. The van der Waals surface area contributed by atoms with Crippen LogP contribution in [0.1, 0.15) is 35.6 Å². The molecule has 156 valence electrons. The van der Waals surface area contributed by atoms with Crippen molar-refractivity contribution < 1.29 is 4.79 Å². The fraction of sp³-hybridized carbons (Fsp3) is 0.435. The molecule has 3 aromatic rings. The Morgan fingerprint density at radius 3 is 2.70 bits per heavy atom.